The lowest BCUT2D eigenvalue weighted by atomic mass is 10.1. The molecule has 2 heteroatoms. The molecule has 0 heterocycles. The third kappa shape index (κ3) is 2.11. The van der Waals surface area contributed by atoms with Gasteiger partial charge in [0.05, 0.1) is 5.75 Å². The first-order valence-corrected chi connectivity index (χ1v) is 5.23. The highest BCUT2D eigenvalue weighted by atomic mass is 32.2. The molecule has 0 atom stereocenters. The predicted octanol–water partition coefficient (Wildman–Crippen LogP) is 2.54. The number of hydrogen-bond donors (Lipinski definition) is 0. The van der Waals surface area contributed by atoms with Crippen LogP contribution < -0.4 is 0 Å². The van der Waals surface area contributed by atoms with Crippen LogP contribution in [0, 0.1) is 6.92 Å². The summed E-state index contributed by atoms with van der Waals surface area (Å²) in [4.78, 5) is 11.4. The van der Waals surface area contributed by atoms with Gasteiger partial charge >= 0.3 is 0 Å². The van der Waals surface area contributed by atoms with Crippen molar-refractivity contribution in [1.29, 1.82) is 0 Å². The summed E-state index contributed by atoms with van der Waals surface area (Å²) in [7, 11) is 0. The monoisotopic (exact) mass is 180 g/mol. The van der Waals surface area contributed by atoms with Crippen molar-refractivity contribution in [3.63, 3.8) is 0 Å². The van der Waals surface area contributed by atoms with Gasteiger partial charge in [0, 0.05) is 5.56 Å². The van der Waals surface area contributed by atoms with E-state index in [9.17, 15) is 4.79 Å². The van der Waals surface area contributed by atoms with Crippen molar-refractivity contribution in [3.8, 4) is 0 Å². The second-order valence-electron chi connectivity index (χ2n) is 2.67. The highest BCUT2D eigenvalue weighted by Crippen LogP contribution is 2.09. The average molecular weight is 180 g/mol. The van der Waals surface area contributed by atoms with Crippen molar-refractivity contribution in [2.75, 3.05) is 12.0 Å². The van der Waals surface area contributed by atoms with E-state index in [2.05, 4.69) is 0 Å². The van der Waals surface area contributed by atoms with Crippen LogP contribution in [-0.2, 0) is 0 Å². The predicted molar refractivity (Wildman–Crippen MR) is 53.9 cm³/mol. The van der Waals surface area contributed by atoms with E-state index < -0.39 is 0 Å². The third-order valence-corrected chi connectivity index (χ3v) is 2.27. The maximum atomic E-state index is 11.4. The van der Waals surface area contributed by atoms with Crippen LogP contribution in [0.5, 0.6) is 0 Å². The number of ketones is 1. The molecule has 12 heavy (non-hydrogen) atoms. The van der Waals surface area contributed by atoms with Crippen LogP contribution in [0.2, 0.25) is 0 Å². The lowest BCUT2D eigenvalue weighted by Crippen LogP contribution is -2.03. The Bertz CT molecular complexity index is 281. The largest absolute Gasteiger partial charge is 0.293 e. The average Bonchev–Trinajstić information content (AvgIpc) is 2.05. The number of carbonyl (C=O) groups excluding carboxylic acids is 1. The highest BCUT2D eigenvalue weighted by molar-refractivity contribution is 7.99. The van der Waals surface area contributed by atoms with Crippen LogP contribution in [0.3, 0.4) is 0 Å². The van der Waals surface area contributed by atoms with Crippen LogP contribution >= 0.6 is 11.8 Å². The summed E-state index contributed by atoms with van der Waals surface area (Å²) in [5.41, 5.74) is 1.92. The lowest BCUT2D eigenvalue weighted by Gasteiger charge is -2.01. The molecule has 0 bridgehead atoms. The fourth-order valence-electron chi connectivity index (χ4n) is 1.09. The van der Waals surface area contributed by atoms with Gasteiger partial charge in [0.1, 0.15) is 0 Å². The van der Waals surface area contributed by atoms with Gasteiger partial charge in [0.25, 0.3) is 0 Å². The summed E-state index contributed by atoms with van der Waals surface area (Å²) in [6, 6.07) is 7.70. The Morgan fingerprint density at radius 1 is 1.42 bits per heavy atom. The molecule has 1 nitrogen and oxygen atoms in total. The zero-order valence-electron chi connectivity index (χ0n) is 7.33. The molecule has 0 aliphatic heterocycles. The molecule has 0 saturated heterocycles. The summed E-state index contributed by atoms with van der Waals surface area (Å²) < 4.78 is 0. The third-order valence-electron chi connectivity index (χ3n) is 1.72. The summed E-state index contributed by atoms with van der Waals surface area (Å²) in [5, 5.41) is 0. The number of carbonyl (C=O) groups is 1. The molecule has 0 spiro atoms. The quantitative estimate of drug-likeness (QED) is 0.665. The van der Waals surface area contributed by atoms with Crippen LogP contribution in [0.1, 0.15) is 15.9 Å². The van der Waals surface area contributed by atoms with Gasteiger partial charge in [-0.1, -0.05) is 24.3 Å². The first-order chi connectivity index (χ1) is 5.75. The minimum Gasteiger partial charge on any atom is -0.293 e. The number of Topliss-reactive ketones (excluding diaryl/α,β-unsaturated/α-hetero) is 1. The zero-order valence-corrected chi connectivity index (χ0v) is 8.15. The van der Waals surface area contributed by atoms with Gasteiger partial charge in [0.15, 0.2) is 5.78 Å². The Hall–Kier alpha value is -0.760. The van der Waals surface area contributed by atoms with E-state index in [0.717, 1.165) is 11.1 Å². The number of aryl methyl sites for hydroxylation is 1. The number of thioether (sulfide) groups is 1. The Labute approximate surface area is 77.2 Å². The molecule has 0 fully saturated rings. The van der Waals surface area contributed by atoms with Crippen molar-refractivity contribution < 1.29 is 4.79 Å². The maximum absolute atomic E-state index is 11.4. The van der Waals surface area contributed by atoms with Gasteiger partial charge in [-0.2, -0.15) is 11.8 Å². The zero-order chi connectivity index (χ0) is 8.97. The normalized spacial score (nSPS) is 9.83. The summed E-state index contributed by atoms with van der Waals surface area (Å²) >= 11 is 1.56. The van der Waals surface area contributed by atoms with Crippen molar-refractivity contribution >= 4 is 17.5 Å². The summed E-state index contributed by atoms with van der Waals surface area (Å²) in [6.07, 6.45) is 1.94. The molecule has 64 valence electrons. The fraction of sp³-hybridized carbons (Fsp3) is 0.300. The van der Waals surface area contributed by atoms with Crippen molar-refractivity contribution in [1.82, 2.24) is 0 Å². The van der Waals surface area contributed by atoms with E-state index in [0.29, 0.717) is 5.75 Å². The highest BCUT2D eigenvalue weighted by Gasteiger charge is 2.05. The van der Waals surface area contributed by atoms with Crippen LogP contribution in [0.25, 0.3) is 0 Å². The number of benzene rings is 1. The fourth-order valence-corrected chi connectivity index (χ4v) is 1.51. The maximum Gasteiger partial charge on any atom is 0.172 e. The first kappa shape index (κ1) is 9.33. The van der Waals surface area contributed by atoms with E-state index in [1.807, 2.05) is 37.4 Å². The van der Waals surface area contributed by atoms with Crippen molar-refractivity contribution in [2.24, 2.45) is 0 Å². The van der Waals surface area contributed by atoms with Crippen LogP contribution in [-0.4, -0.2) is 17.8 Å². The summed E-state index contributed by atoms with van der Waals surface area (Å²) in [6.45, 7) is 1.97. The van der Waals surface area contributed by atoms with E-state index in [1.54, 1.807) is 11.8 Å². The van der Waals surface area contributed by atoms with E-state index in [1.165, 1.54) is 0 Å². The van der Waals surface area contributed by atoms with Crippen LogP contribution in [0.4, 0.5) is 0 Å². The Morgan fingerprint density at radius 2 is 2.08 bits per heavy atom. The molecule has 1 aromatic rings. The SMILES string of the molecule is CSCC(=O)c1ccccc1C. The van der Waals surface area contributed by atoms with Gasteiger partial charge in [-0.15, -0.1) is 0 Å². The number of hydrogen-bond acceptors (Lipinski definition) is 2. The molecule has 0 aliphatic rings. The Morgan fingerprint density at radius 3 is 2.67 bits per heavy atom. The second kappa shape index (κ2) is 4.31. The van der Waals surface area contributed by atoms with Crippen molar-refractivity contribution in [2.45, 2.75) is 6.92 Å². The van der Waals surface area contributed by atoms with Gasteiger partial charge in [-0.05, 0) is 18.7 Å². The molecule has 0 amide bonds. The standard InChI is InChI=1S/C10H12OS/c1-8-5-3-4-6-9(8)10(11)7-12-2/h3-6H,7H2,1-2H3. The molecule has 0 aliphatic carbocycles. The molecular weight excluding hydrogens is 168 g/mol. The topological polar surface area (TPSA) is 17.1 Å². The molecule has 0 unspecified atom stereocenters. The molecule has 0 N–H and O–H groups in total. The molecule has 1 aromatic carbocycles. The molecule has 0 radical (unpaired) electrons. The van der Waals surface area contributed by atoms with Gasteiger partial charge in [-0.3, -0.25) is 4.79 Å². The summed E-state index contributed by atoms with van der Waals surface area (Å²) in [5.74, 6) is 0.797. The minimum atomic E-state index is 0.223. The molecule has 0 saturated carbocycles. The number of rotatable bonds is 3. The molecular formula is C10H12OS. The first-order valence-electron chi connectivity index (χ1n) is 3.83. The van der Waals surface area contributed by atoms with Gasteiger partial charge in [0.2, 0.25) is 0 Å². The molecule has 1 rings (SSSR count). The second-order valence-corrected chi connectivity index (χ2v) is 3.54. The van der Waals surface area contributed by atoms with E-state index in [-0.39, 0.29) is 5.78 Å². The lowest BCUT2D eigenvalue weighted by molar-refractivity contribution is 0.102. The van der Waals surface area contributed by atoms with Crippen LogP contribution in [0.15, 0.2) is 24.3 Å². The van der Waals surface area contributed by atoms with Crippen molar-refractivity contribution in [3.05, 3.63) is 35.4 Å². The smallest absolute Gasteiger partial charge is 0.172 e. The van der Waals surface area contributed by atoms with E-state index in [4.69, 9.17) is 0 Å². The minimum absolute atomic E-state index is 0.223. The Balaban J connectivity index is 2.87. The molecule has 0 aromatic heterocycles. The van der Waals surface area contributed by atoms with Gasteiger partial charge < -0.3 is 0 Å². The Kier molecular flexibility index (Phi) is 3.35. The van der Waals surface area contributed by atoms with E-state index >= 15 is 0 Å². The van der Waals surface area contributed by atoms with Gasteiger partial charge in [-0.25, -0.2) is 0 Å².